The number of hydrogen-bond donors (Lipinski definition) is 1. The molecule has 1 fully saturated rings. The van der Waals surface area contributed by atoms with E-state index in [4.69, 9.17) is 4.74 Å². The molecule has 3 heteroatoms. The van der Waals surface area contributed by atoms with Gasteiger partial charge in [-0.1, -0.05) is 12.1 Å². The van der Waals surface area contributed by atoms with E-state index in [0.29, 0.717) is 24.5 Å². The fraction of sp³-hybridized carbons (Fsp3) is 0.625. The summed E-state index contributed by atoms with van der Waals surface area (Å²) in [7, 11) is 3.95. The molecule has 0 bridgehead atoms. The van der Waals surface area contributed by atoms with Crippen molar-refractivity contribution in [2.75, 3.05) is 27.3 Å². The van der Waals surface area contributed by atoms with E-state index in [1.54, 1.807) is 7.11 Å². The Bertz CT molecular complexity index is 460. The molecule has 1 aliphatic heterocycles. The summed E-state index contributed by atoms with van der Waals surface area (Å²) >= 11 is 0. The van der Waals surface area contributed by atoms with E-state index in [1.165, 1.54) is 11.1 Å². The first-order valence-corrected chi connectivity index (χ1v) is 7.18. The van der Waals surface area contributed by atoms with Crippen LogP contribution in [-0.4, -0.2) is 43.4 Å². The van der Waals surface area contributed by atoms with E-state index in [0.717, 1.165) is 31.6 Å². The van der Waals surface area contributed by atoms with E-state index >= 15 is 0 Å². The van der Waals surface area contributed by atoms with Gasteiger partial charge < -0.3 is 14.7 Å². The fourth-order valence-corrected chi connectivity index (χ4v) is 3.95. The maximum absolute atomic E-state index is 9.44. The zero-order valence-corrected chi connectivity index (χ0v) is 11.8. The average Bonchev–Trinajstić information content (AvgIpc) is 2.44. The van der Waals surface area contributed by atoms with E-state index in [1.807, 2.05) is 0 Å². The van der Waals surface area contributed by atoms with Crippen LogP contribution in [0.15, 0.2) is 18.2 Å². The minimum Gasteiger partial charge on any atom is -0.496 e. The van der Waals surface area contributed by atoms with Crippen LogP contribution in [0.1, 0.15) is 17.5 Å². The minimum absolute atomic E-state index is 0.312. The van der Waals surface area contributed by atoms with Gasteiger partial charge >= 0.3 is 0 Å². The summed E-state index contributed by atoms with van der Waals surface area (Å²) in [5, 5.41) is 9.44. The summed E-state index contributed by atoms with van der Waals surface area (Å²) in [6.07, 6.45) is 3.35. The molecule has 1 saturated heterocycles. The highest BCUT2D eigenvalue weighted by molar-refractivity contribution is 5.43. The molecular weight excluding hydrogens is 238 g/mol. The molecule has 1 N–H and O–H groups in total. The van der Waals surface area contributed by atoms with Crippen molar-refractivity contribution in [3.05, 3.63) is 29.3 Å². The molecular formula is C16H23NO2. The van der Waals surface area contributed by atoms with Crippen LogP contribution in [0, 0.1) is 11.8 Å². The second-order valence-corrected chi connectivity index (χ2v) is 6.06. The number of methoxy groups -OCH3 is 1. The summed E-state index contributed by atoms with van der Waals surface area (Å²) in [5.74, 6) is 2.12. The molecule has 104 valence electrons. The Hall–Kier alpha value is -1.06. The Morgan fingerprint density at radius 2 is 2.21 bits per heavy atom. The quantitative estimate of drug-likeness (QED) is 0.880. The molecule has 2 aliphatic rings. The number of fused-ring (bicyclic) bond motifs is 2. The van der Waals surface area contributed by atoms with Gasteiger partial charge in [-0.25, -0.2) is 0 Å². The third-order valence-electron chi connectivity index (χ3n) is 4.90. The number of rotatable bonds is 2. The van der Waals surface area contributed by atoms with Crippen LogP contribution >= 0.6 is 0 Å². The van der Waals surface area contributed by atoms with Gasteiger partial charge in [-0.3, -0.25) is 0 Å². The smallest absolute Gasteiger partial charge is 0.122 e. The molecule has 0 unspecified atom stereocenters. The predicted molar refractivity (Wildman–Crippen MR) is 75.5 cm³/mol. The first-order valence-electron chi connectivity index (χ1n) is 7.18. The molecule has 1 aliphatic carbocycles. The van der Waals surface area contributed by atoms with Gasteiger partial charge in [0.2, 0.25) is 0 Å². The molecule has 19 heavy (non-hydrogen) atoms. The number of aliphatic hydroxyl groups excluding tert-OH is 1. The summed E-state index contributed by atoms with van der Waals surface area (Å²) in [6.45, 7) is 1.34. The van der Waals surface area contributed by atoms with Gasteiger partial charge in [0.15, 0.2) is 0 Å². The number of piperidine rings is 1. The first-order chi connectivity index (χ1) is 9.22. The second-order valence-electron chi connectivity index (χ2n) is 6.06. The number of aliphatic hydroxyl groups is 1. The standard InChI is InChI=1S/C16H23NO2/c1-17-9-11(10-18)6-13-7-14-12(8-15(13)17)4-3-5-16(14)19-2/h3-5,11,13,15,18H,6-10H2,1-2H3/t11-,13-,15-/m1/s1. The maximum Gasteiger partial charge on any atom is 0.122 e. The number of benzene rings is 1. The molecule has 3 nitrogen and oxygen atoms in total. The van der Waals surface area contributed by atoms with Gasteiger partial charge in [-0.2, -0.15) is 0 Å². The molecule has 3 atom stereocenters. The lowest BCUT2D eigenvalue weighted by atomic mass is 9.72. The topological polar surface area (TPSA) is 32.7 Å². The molecule has 0 spiro atoms. The van der Waals surface area contributed by atoms with Crippen molar-refractivity contribution < 1.29 is 9.84 Å². The normalized spacial score (nSPS) is 30.6. The highest BCUT2D eigenvalue weighted by Gasteiger charge is 2.38. The maximum atomic E-state index is 9.44. The van der Waals surface area contributed by atoms with Gasteiger partial charge in [0.25, 0.3) is 0 Å². The van der Waals surface area contributed by atoms with Crippen LogP contribution in [0.25, 0.3) is 0 Å². The lowest BCUT2D eigenvalue weighted by Crippen LogP contribution is -2.50. The number of likely N-dealkylation sites (tertiary alicyclic amines) is 1. The number of nitrogens with zero attached hydrogens (tertiary/aromatic N) is 1. The lowest BCUT2D eigenvalue weighted by molar-refractivity contribution is 0.0451. The average molecular weight is 261 g/mol. The molecule has 0 saturated carbocycles. The monoisotopic (exact) mass is 261 g/mol. The third-order valence-corrected chi connectivity index (χ3v) is 4.90. The minimum atomic E-state index is 0.312. The Labute approximate surface area is 115 Å². The Morgan fingerprint density at radius 1 is 1.37 bits per heavy atom. The van der Waals surface area contributed by atoms with Crippen molar-refractivity contribution in [1.82, 2.24) is 4.90 Å². The van der Waals surface area contributed by atoms with Gasteiger partial charge in [-0.05, 0) is 55.3 Å². The van der Waals surface area contributed by atoms with Crippen LogP contribution in [0.3, 0.4) is 0 Å². The van der Waals surface area contributed by atoms with Crippen molar-refractivity contribution in [3.8, 4) is 5.75 Å². The van der Waals surface area contributed by atoms with Crippen molar-refractivity contribution in [2.24, 2.45) is 11.8 Å². The Balaban J connectivity index is 1.90. The zero-order valence-electron chi connectivity index (χ0n) is 11.8. The number of likely N-dealkylation sites (N-methyl/N-ethyl adjacent to an activating group) is 1. The summed E-state index contributed by atoms with van der Waals surface area (Å²) in [4.78, 5) is 2.44. The molecule has 1 heterocycles. The van der Waals surface area contributed by atoms with Crippen LogP contribution in [-0.2, 0) is 12.8 Å². The van der Waals surface area contributed by atoms with E-state index < -0.39 is 0 Å². The summed E-state index contributed by atoms with van der Waals surface area (Å²) in [5.41, 5.74) is 2.83. The molecule has 1 aromatic rings. The third kappa shape index (κ3) is 2.26. The molecule has 0 amide bonds. The molecule has 0 aromatic heterocycles. The van der Waals surface area contributed by atoms with Gasteiger partial charge in [0.05, 0.1) is 7.11 Å². The van der Waals surface area contributed by atoms with Crippen LogP contribution < -0.4 is 4.74 Å². The van der Waals surface area contributed by atoms with Crippen molar-refractivity contribution in [2.45, 2.75) is 25.3 Å². The number of ether oxygens (including phenoxy) is 1. The fourth-order valence-electron chi connectivity index (χ4n) is 3.95. The second kappa shape index (κ2) is 5.14. The highest BCUT2D eigenvalue weighted by Crippen LogP contribution is 2.39. The SMILES string of the molecule is COc1cccc2c1C[C@H]1C[C@@H](CO)CN(C)[C@@H]1C2. The van der Waals surface area contributed by atoms with Crippen LogP contribution in [0.2, 0.25) is 0 Å². The van der Waals surface area contributed by atoms with Crippen LogP contribution in [0.5, 0.6) is 5.75 Å². The summed E-state index contributed by atoms with van der Waals surface area (Å²) < 4.78 is 5.51. The Kier molecular flexibility index (Phi) is 3.50. The predicted octanol–water partition coefficient (Wildman–Crippen LogP) is 1.72. The zero-order chi connectivity index (χ0) is 13.4. The van der Waals surface area contributed by atoms with E-state index in [2.05, 4.69) is 30.1 Å². The Morgan fingerprint density at radius 3 is 2.95 bits per heavy atom. The van der Waals surface area contributed by atoms with Crippen molar-refractivity contribution in [3.63, 3.8) is 0 Å². The summed E-state index contributed by atoms with van der Waals surface area (Å²) in [6, 6.07) is 7.02. The van der Waals surface area contributed by atoms with Crippen molar-refractivity contribution in [1.29, 1.82) is 0 Å². The molecule has 1 aromatic carbocycles. The number of hydrogen-bond acceptors (Lipinski definition) is 3. The lowest BCUT2D eigenvalue weighted by Gasteiger charge is -2.45. The van der Waals surface area contributed by atoms with Crippen LogP contribution in [0.4, 0.5) is 0 Å². The largest absolute Gasteiger partial charge is 0.496 e. The van der Waals surface area contributed by atoms with Gasteiger partial charge in [0, 0.05) is 19.2 Å². The van der Waals surface area contributed by atoms with E-state index in [9.17, 15) is 5.11 Å². The van der Waals surface area contributed by atoms with Gasteiger partial charge in [0.1, 0.15) is 5.75 Å². The molecule has 3 rings (SSSR count). The first kappa shape index (κ1) is 12.9. The highest BCUT2D eigenvalue weighted by atomic mass is 16.5. The van der Waals surface area contributed by atoms with Gasteiger partial charge in [-0.15, -0.1) is 0 Å². The van der Waals surface area contributed by atoms with E-state index in [-0.39, 0.29) is 0 Å². The van der Waals surface area contributed by atoms with Crippen molar-refractivity contribution >= 4 is 0 Å². The molecule has 0 radical (unpaired) electrons.